The van der Waals surface area contributed by atoms with E-state index in [0.29, 0.717) is 16.4 Å². The van der Waals surface area contributed by atoms with Gasteiger partial charge in [-0.05, 0) is 48.2 Å². The zero-order valence-electron chi connectivity index (χ0n) is 22.1. The maximum absolute atomic E-state index is 15.6. The largest absolute Gasteiger partial charge is 0.490 e. The van der Waals surface area contributed by atoms with Gasteiger partial charge in [0.05, 0.1) is 18.6 Å². The van der Waals surface area contributed by atoms with Crippen molar-refractivity contribution in [3.05, 3.63) is 82.6 Å². The quantitative estimate of drug-likeness (QED) is 0.336. The number of carbonyl (C=O) groups is 2. The number of thiazole rings is 1. The molecule has 0 aliphatic carbocycles. The molecule has 0 radical (unpaired) electrons. The lowest BCUT2D eigenvalue weighted by Gasteiger charge is -2.26. The van der Waals surface area contributed by atoms with Crippen molar-refractivity contribution < 1.29 is 18.7 Å². The topological polar surface area (TPSA) is 102 Å². The number of nitrogens with zero attached hydrogens (tertiary/aromatic N) is 5. The van der Waals surface area contributed by atoms with Crippen LogP contribution >= 0.6 is 11.3 Å². The number of amides is 2. The van der Waals surface area contributed by atoms with Gasteiger partial charge in [-0.25, -0.2) is 14.4 Å². The smallest absolute Gasteiger partial charge is 0.255 e. The molecule has 5 heterocycles. The molecule has 208 valence electrons. The van der Waals surface area contributed by atoms with Crippen LogP contribution in [-0.4, -0.2) is 50.1 Å². The van der Waals surface area contributed by atoms with Crippen LogP contribution in [0.2, 0.25) is 0 Å². The first kappa shape index (κ1) is 25.6. The molecule has 0 saturated carbocycles. The van der Waals surface area contributed by atoms with Gasteiger partial charge in [-0.1, -0.05) is 12.1 Å². The van der Waals surface area contributed by atoms with Crippen molar-refractivity contribution in [2.24, 2.45) is 4.99 Å². The van der Waals surface area contributed by atoms with Crippen LogP contribution in [0.1, 0.15) is 52.6 Å². The zero-order chi connectivity index (χ0) is 27.9. The molecular weight excluding hydrogens is 543 g/mol. The molecule has 2 amide bonds. The van der Waals surface area contributed by atoms with Crippen molar-refractivity contribution in [3.63, 3.8) is 0 Å². The minimum atomic E-state index is -1.02. The van der Waals surface area contributed by atoms with E-state index < -0.39 is 23.7 Å². The number of rotatable bonds is 7. The standard InChI is InChI=1S/C30H27FN6O3S/c31-24-15-19(18-3-5-20(6-4-18)40-21-7-9-32-10-8-21)14-22-23(24)16-37(29(22)39)27(28(38)35-30-33-11-13-41-30)26-25-2-1-12-36(25)17-34-26/h3-6,9,11,13-15,17,21,27H,1-2,7-8,10,12,16H2,(H,33,35,38). The van der Waals surface area contributed by atoms with E-state index in [9.17, 15) is 9.59 Å². The Morgan fingerprint density at radius 3 is 2.83 bits per heavy atom. The number of carbonyl (C=O) groups excluding carboxylic acids is 2. The lowest BCUT2D eigenvalue weighted by atomic mass is 9.99. The number of nitrogens with one attached hydrogen (secondary N) is 1. The van der Waals surface area contributed by atoms with E-state index in [-0.39, 0.29) is 23.8 Å². The highest BCUT2D eigenvalue weighted by atomic mass is 32.1. The molecule has 2 unspecified atom stereocenters. The third kappa shape index (κ3) is 4.80. The second-order valence-corrected chi connectivity index (χ2v) is 11.3. The Kier molecular flexibility index (Phi) is 6.58. The summed E-state index contributed by atoms with van der Waals surface area (Å²) in [4.78, 5) is 41.9. The van der Waals surface area contributed by atoms with Gasteiger partial charge in [-0.3, -0.25) is 19.9 Å². The molecule has 41 heavy (non-hydrogen) atoms. The van der Waals surface area contributed by atoms with Crippen molar-refractivity contribution in [1.29, 1.82) is 0 Å². The number of hydrogen-bond acceptors (Lipinski definition) is 7. The molecule has 2 atom stereocenters. The fourth-order valence-corrected chi connectivity index (χ4v) is 6.34. The Balaban J connectivity index is 1.18. The van der Waals surface area contributed by atoms with Crippen molar-refractivity contribution >= 4 is 34.5 Å². The predicted molar refractivity (Wildman–Crippen MR) is 153 cm³/mol. The van der Waals surface area contributed by atoms with Crippen molar-refractivity contribution in [1.82, 2.24) is 19.4 Å². The van der Waals surface area contributed by atoms with Crippen molar-refractivity contribution in [3.8, 4) is 16.9 Å². The second-order valence-electron chi connectivity index (χ2n) is 10.4. The number of anilines is 1. The van der Waals surface area contributed by atoms with Gasteiger partial charge in [0.25, 0.3) is 11.8 Å². The van der Waals surface area contributed by atoms with Gasteiger partial charge in [0.2, 0.25) is 0 Å². The molecule has 2 aromatic heterocycles. The first-order valence-electron chi connectivity index (χ1n) is 13.7. The molecule has 7 rings (SSSR count). The monoisotopic (exact) mass is 570 g/mol. The van der Waals surface area contributed by atoms with Crippen LogP contribution < -0.4 is 10.1 Å². The number of aryl methyl sites for hydroxylation is 1. The Hall–Kier alpha value is -4.38. The van der Waals surface area contributed by atoms with Gasteiger partial charge in [-0.2, -0.15) is 0 Å². The first-order valence-corrected chi connectivity index (χ1v) is 14.6. The molecule has 0 spiro atoms. The van der Waals surface area contributed by atoms with Crippen molar-refractivity contribution in [2.45, 2.75) is 50.9 Å². The highest BCUT2D eigenvalue weighted by Gasteiger charge is 2.42. The fraction of sp³-hybridized carbons (Fsp3) is 0.300. The molecule has 2 aromatic carbocycles. The van der Waals surface area contributed by atoms with Crippen LogP contribution in [0, 0.1) is 5.82 Å². The Labute approximate surface area is 239 Å². The number of hydrogen-bond donors (Lipinski definition) is 1. The van der Waals surface area contributed by atoms with E-state index in [0.717, 1.165) is 55.8 Å². The molecule has 9 nitrogen and oxygen atoms in total. The minimum absolute atomic E-state index is 0.0278. The molecule has 0 saturated heterocycles. The van der Waals surface area contributed by atoms with Gasteiger partial charge in [0.1, 0.15) is 17.7 Å². The van der Waals surface area contributed by atoms with E-state index in [1.54, 1.807) is 24.0 Å². The van der Waals surface area contributed by atoms with Gasteiger partial charge >= 0.3 is 0 Å². The third-order valence-corrected chi connectivity index (χ3v) is 8.54. The van der Waals surface area contributed by atoms with E-state index in [1.807, 2.05) is 35.0 Å². The normalized spacial score (nSPS) is 18.3. The maximum atomic E-state index is 15.6. The zero-order valence-corrected chi connectivity index (χ0v) is 22.9. The Morgan fingerprint density at radius 2 is 2.05 bits per heavy atom. The van der Waals surface area contributed by atoms with Gasteiger partial charge in [-0.15, -0.1) is 11.3 Å². The summed E-state index contributed by atoms with van der Waals surface area (Å²) >= 11 is 1.29. The molecule has 11 heteroatoms. The summed E-state index contributed by atoms with van der Waals surface area (Å²) < 4.78 is 23.6. The van der Waals surface area contributed by atoms with E-state index in [1.165, 1.54) is 22.3 Å². The predicted octanol–water partition coefficient (Wildman–Crippen LogP) is 5.04. The Bertz CT molecular complexity index is 1650. The summed E-state index contributed by atoms with van der Waals surface area (Å²) in [5.41, 5.74) is 3.33. The lowest BCUT2D eigenvalue weighted by molar-refractivity contribution is -0.121. The minimum Gasteiger partial charge on any atom is -0.490 e. The van der Waals surface area contributed by atoms with Crippen LogP contribution in [0.5, 0.6) is 5.75 Å². The average Bonchev–Trinajstić information content (AvgIpc) is 3.78. The summed E-state index contributed by atoms with van der Waals surface area (Å²) in [6.45, 7) is 1.55. The summed E-state index contributed by atoms with van der Waals surface area (Å²) in [7, 11) is 0. The number of imidazole rings is 1. The number of halogens is 1. The highest BCUT2D eigenvalue weighted by Crippen LogP contribution is 2.38. The van der Waals surface area contributed by atoms with E-state index >= 15 is 4.39 Å². The van der Waals surface area contributed by atoms with Gasteiger partial charge < -0.3 is 14.2 Å². The average molecular weight is 571 g/mol. The van der Waals surface area contributed by atoms with Crippen LogP contribution in [0.4, 0.5) is 9.52 Å². The maximum Gasteiger partial charge on any atom is 0.255 e. The van der Waals surface area contributed by atoms with E-state index in [2.05, 4.69) is 20.3 Å². The van der Waals surface area contributed by atoms with Crippen LogP contribution in [-0.2, 0) is 24.3 Å². The first-order chi connectivity index (χ1) is 20.0. The summed E-state index contributed by atoms with van der Waals surface area (Å²) in [5, 5.41) is 5.01. The lowest BCUT2D eigenvalue weighted by Crippen LogP contribution is -2.38. The number of aliphatic imine (C=N–C) groups is 1. The van der Waals surface area contributed by atoms with Crippen molar-refractivity contribution in [2.75, 3.05) is 11.9 Å². The molecule has 3 aliphatic rings. The molecular formula is C30H27FN6O3S. The Morgan fingerprint density at radius 1 is 1.17 bits per heavy atom. The summed E-state index contributed by atoms with van der Waals surface area (Å²) in [5.74, 6) is -0.572. The number of aromatic nitrogens is 3. The molecule has 3 aliphatic heterocycles. The number of ether oxygens (including phenoxy) is 1. The fourth-order valence-electron chi connectivity index (χ4n) is 5.81. The SMILES string of the molecule is O=C(Nc1nccs1)C(c1ncn2c1CCC2)N1Cc2c(F)cc(-c3ccc(OC4CC=NCC4)cc3)cc2C1=O. The number of fused-ring (bicyclic) bond motifs is 2. The third-order valence-electron chi connectivity index (χ3n) is 7.86. The second kappa shape index (κ2) is 10.5. The van der Waals surface area contributed by atoms with Gasteiger partial charge in [0, 0.05) is 60.5 Å². The van der Waals surface area contributed by atoms with Crippen LogP contribution in [0.25, 0.3) is 11.1 Å². The molecule has 0 fully saturated rings. The highest BCUT2D eigenvalue weighted by molar-refractivity contribution is 7.13. The van der Waals surface area contributed by atoms with Gasteiger partial charge in [0.15, 0.2) is 11.2 Å². The molecule has 1 N–H and O–H groups in total. The number of benzene rings is 2. The summed E-state index contributed by atoms with van der Waals surface area (Å²) in [6, 6.07) is 9.59. The van der Waals surface area contributed by atoms with E-state index in [4.69, 9.17) is 4.74 Å². The molecule has 0 bridgehead atoms. The summed E-state index contributed by atoms with van der Waals surface area (Å²) in [6.07, 6.45) is 8.65. The molecule has 4 aromatic rings. The van der Waals surface area contributed by atoms with Crippen LogP contribution in [0.3, 0.4) is 0 Å². The van der Waals surface area contributed by atoms with Crippen LogP contribution in [0.15, 0.2) is 59.3 Å².